The van der Waals surface area contributed by atoms with Crippen LogP contribution in [0.25, 0.3) is 0 Å². The quantitative estimate of drug-likeness (QED) is 0.171. The molecular formula is C33H44N4O8. The molecule has 1 aromatic carbocycles. The van der Waals surface area contributed by atoms with E-state index in [1.165, 1.54) is 4.90 Å². The predicted molar refractivity (Wildman–Crippen MR) is 164 cm³/mol. The molecule has 0 aromatic heterocycles. The van der Waals surface area contributed by atoms with Gasteiger partial charge in [0.05, 0.1) is 17.7 Å². The summed E-state index contributed by atoms with van der Waals surface area (Å²) in [6, 6.07) is 5.64. The Morgan fingerprint density at radius 2 is 1.78 bits per heavy atom. The van der Waals surface area contributed by atoms with Crippen molar-refractivity contribution in [2.45, 2.75) is 90.3 Å². The van der Waals surface area contributed by atoms with Gasteiger partial charge in [-0.3, -0.25) is 24.1 Å². The minimum Gasteiger partial charge on any atom is -0.479 e. The highest BCUT2D eigenvalue weighted by molar-refractivity contribution is 6.21. The lowest BCUT2D eigenvalue weighted by atomic mass is 9.88. The van der Waals surface area contributed by atoms with Crippen LogP contribution >= 0.6 is 0 Å². The van der Waals surface area contributed by atoms with E-state index >= 15 is 0 Å². The van der Waals surface area contributed by atoms with Crippen molar-refractivity contribution >= 4 is 35.7 Å². The van der Waals surface area contributed by atoms with Gasteiger partial charge in [-0.05, 0) is 44.2 Å². The van der Waals surface area contributed by atoms with Crippen molar-refractivity contribution in [1.82, 2.24) is 20.4 Å². The first-order valence-electron chi connectivity index (χ1n) is 15.7. The molecule has 4 atom stereocenters. The summed E-state index contributed by atoms with van der Waals surface area (Å²) in [5.74, 6) is -3.38. The summed E-state index contributed by atoms with van der Waals surface area (Å²) in [5, 5.41) is 15.0. The first-order chi connectivity index (χ1) is 21.3. The number of carbonyl (C=O) groups is 6. The number of nitrogens with one attached hydrogen (secondary N) is 2. The van der Waals surface area contributed by atoms with Gasteiger partial charge in [-0.1, -0.05) is 64.8 Å². The molecule has 45 heavy (non-hydrogen) atoms. The molecule has 12 heteroatoms. The molecule has 2 fully saturated rings. The maximum absolute atomic E-state index is 13.2. The van der Waals surface area contributed by atoms with Gasteiger partial charge in [0.2, 0.25) is 11.8 Å². The number of aliphatic carboxylic acids is 1. The minimum absolute atomic E-state index is 0.161. The van der Waals surface area contributed by atoms with E-state index in [-0.39, 0.29) is 12.5 Å². The number of rotatable bonds is 13. The number of allylic oxidation sites excluding steroid dienone is 1. The topological polar surface area (TPSA) is 162 Å². The Labute approximate surface area is 263 Å². The zero-order valence-corrected chi connectivity index (χ0v) is 26.5. The van der Waals surface area contributed by atoms with Gasteiger partial charge in [0.15, 0.2) is 0 Å². The standard InChI is InChI=1S/C33H44N4O8/c1-5-6-7-8-9-13-21-18-33(21,30(42)43)35-27(39)24-16-12-17-36(24)26(38)19-34-31(44)45-25(32(2,3)4)20-37-28(40)22-14-10-11-15-23(22)29(37)41/h9-11,13-15,21,24-25H,5-8,12,16-20H2,1-4H3,(H,34,44)(H,35,39)(H,42,43)/b13-9-/t21?,24-,25?,33+/m0/s1. The summed E-state index contributed by atoms with van der Waals surface area (Å²) in [6.07, 6.45) is 7.34. The van der Waals surface area contributed by atoms with Gasteiger partial charge in [0, 0.05) is 17.9 Å². The van der Waals surface area contributed by atoms with Gasteiger partial charge in [-0.15, -0.1) is 0 Å². The Kier molecular flexibility index (Phi) is 10.3. The maximum atomic E-state index is 13.2. The number of hydrogen-bond donors (Lipinski definition) is 3. The molecule has 1 saturated carbocycles. The number of carboxylic acids is 1. The molecule has 0 spiro atoms. The Morgan fingerprint density at radius 3 is 2.38 bits per heavy atom. The fourth-order valence-electron chi connectivity index (χ4n) is 5.86. The molecule has 3 aliphatic rings. The van der Waals surface area contributed by atoms with E-state index in [0.29, 0.717) is 36.9 Å². The van der Waals surface area contributed by atoms with Crippen LogP contribution in [0.2, 0.25) is 0 Å². The lowest BCUT2D eigenvalue weighted by Crippen LogP contribution is -2.54. The largest absolute Gasteiger partial charge is 0.479 e. The van der Waals surface area contributed by atoms with E-state index in [9.17, 15) is 33.9 Å². The van der Waals surface area contributed by atoms with Crippen LogP contribution in [-0.4, -0.2) is 87.9 Å². The van der Waals surface area contributed by atoms with Crippen molar-refractivity contribution in [3.63, 3.8) is 0 Å². The lowest BCUT2D eigenvalue weighted by Gasteiger charge is -2.32. The molecular weight excluding hydrogens is 580 g/mol. The molecule has 244 valence electrons. The molecule has 1 aliphatic carbocycles. The highest BCUT2D eigenvalue weighted by atomic mass is 16.6. The Bertz CT molecular complexity index is 1330. The third-order valence-electron chi connectivity index (χ3n) is 8.79. The maximum Gasteiger partial charge on any atom is 0.407 e. The highest BCUT2D eigenvalue weighted by Gasteiger charge is 2.61. The number of nitrogens with zero attached hydrogens (tertiary/aromatic N) is 2. The molecule has 2 aliphatic heterocycles. The summed E-state index contributed by atoms with van der Waals surface area (Å²) in [6.45, 7) is 7.21. The Balaban J connectivity index is 1.31. The van der Waals surface area contributed by atoms with E-state index in [2.05, 4.69) is 17.6 Å². The second kappa shape index (κ2) is 13.8. The van der Waals surface area contributed by atoms with Crippen LogP contribution in [0.1, 0.15) is 93.4 Å². The summed E-state index contributed by atoms with van der Waals surface area (Å²) in [7, 11) is 0. The first kappa shape index (κ1) is 33.7. The average molecular weight is 625 g/mol. The first-order valence-corrected chi connectivity index (χ1v) is 15.7. The van der Waals surface area contributed by atoms with Gasteiger partial charge in [-0.25, -0.2) is 9.59 Å². The number of carboxylic acid groups (broad SMARTS) is 1. The Morgan fingerprint density at radius 1 is 1.11 bits per heavy atom. The lowest BCUT2D eigenvalue weighted by molar-refractivity contribution is -0.145. The molecule has 3 N–H and O–H groups in total. The SMILES string of the molecule is CCCCC/C=C\C1C[C@]1(NC(=O)[C@@H]1CCCN1C(=O)CNC(=O)OC(CN1C(=O)c2ccccc2C1=O)C(C)(C)C)C(=O)O. The minimum atomic E-state index is -1.38. The van der Waals surface area contributed by atoms with Gasteiger partial charge in [-0.2, -0.15) is 0 Å². The molecule has 12 nitrogen and oxygen atoms in total. The van der Waals surface area contributed by atoms with E-state index in [1.54, 1.807) is 45.0 Å². The number of carbonyl (C=O) groups excluding carboxylic acids is 5. The normalized spacial score (nSPS) is 23.2. The van der Waals surface area contributed by atoms with Crippen LogP contribution in [0.5, 0.6) is 0 Å². The number of amides is 5. The van der Waals surface area contributed by atoms with E-state index < -0.39 is 65.3 Å². The van der Waals surface area contributed by atoms with Crippen LogP contribution in [0.4, 0.5) is 4.79 Å². The monoisotopic (exact) mass is 624 g/mol. The highest BCUT2D eigenvalue weighted by Crippen LogP contribution is 2.45. The van der Waals surface area contributed by atoms with Crippen molar-refractivity contribution in [3.05, 3.63) is 47.5 Å². The number of fused-ring (bicyclic) bond motifs is 1. The molecule has 1 saturated heterocycles. The van der Waals surface area contributed by atoms with Crippen molar-refractivity contribution in [2.24, 2.45) is 11.3 Å². The van der Waals surface area contributed by atoms with Crippen LogP contribution in [0, 0.1) is 11.3 Å². The van der Waals surface area contributed by atoms with Crippen molar-refractivity contribution in [3.8, 4) is 0 Å². The van der Waals surface area contributed by atoms with E-state index in [4.69, 9.17) is 4.74 Å². The molecule has 2 heterocycles. The Hall–Kier alpha value is -4.22. The van der Waals surface area contributed by atoms with Crippen molar-refractivity contribution < 1.29 is 38.6 Å². The molecule has 2 unspecified atom stereocenters. The molecule has 1 aromatic rings. The van der Waals surface area contributed by atoms with Crippen LogP contribution in [-0.2, 0) is 19.1 Å². The second-order valence-corrected chi connectivity index (χ2v) is 13.1. The summed E-state index contributed by atoms with van der Waals surface area (Å²) in [5.41, 5.74) is -1.45. The van der Waals surface area contributed by atoms with E-state index in [0.717, 1.165) is 30.6 Å². The number of hydrogen-bond acceptors (Lipinski definition) is 7. The van der Waals surface area contributed by atoms with Crippen molar-refractivity contribution in [2.75, 3.05) is 19.6 Å². The third kappa shape index (κ3) is 7.54. The summed E-state index contributed by atoms with van der Waals surface area (Å²) >= 11 is 0. The number of unbranched alkanes of at least 4 members (excludes halogenated alkanes) is 3. The van der Waals surface area contributed by atoms with Crippen LogP contribution in [0.3, 0.4) is 0 Å². The van der Waals surface area contributed by atoms with Gasteiger partial charge in [0.25, 0.3) is 11.8 Å². The molecule has 5 amide bonds. The van der Waals surface area contributed by atoms with Crippen LogP contribution in [0.15, 0.2) is 36.4 Å². The number of alkyl carbamates (subject to hydrolysis) is 1. The van der Waals surface area contributed by atoms with E-state index in [1.807, 2.05) is 12.2 Å². The average Bonchev–Trinajstić information content (AvgIpc) is 3.35. The number of imide groups is 1. The fraction of sp³-hybridized carbons (Fsp3) is 0.576. The van der Waals surface area contributed by atoms with Gasteiger partial charge in [0.1, 0.15) is 24.2 Å². The zero-order valence-electron chi connectivity index (χ0n) is 26.5. The third-order valence-corrected chi connectivity index (χ3v) is 8.79. The van der Waals surface area contributed by atoms with Gasteiger partial charge < -0.3 is 25.4 Å². The summed E-state index contributed by atoms with van der Waals surface area (Å²) < 4.78 is 5.61. The van der Waals surface area contributed by atoms with Crippen molar-refractivity contribution in [1.29, 1.82) is 0 Å². The number of likely N-dealkylation sites (tertiary alicyclic amines) is 1. The number of benzene rings is 1. The fourth-order valence-corrected chi connectivity index (χ4v) is 5.86. The smallest absolute Gasteiger partial charge is 0.407 e. The summed E-state index contributed by atoms with van der Waals surface area (Å²) in [4.78, 5) is 79.3. The zero-order chi connectivity index (χ0) is 32.9. The van der Waals surface area contributed by atoms with Gasteiger partial charge >= 0.3 is 12.1 Å². The molecule has 0 radical (unpaired) electrons. The number of ether oxygens (including phenoxy) is 1. The van der Waals surface area contributed by atoms with Crippen LogP contribution < -0.4 is 10.6 Å². The molecule has 4 rings (SSSR count). The second-order valence-electron chi connectivity index (χ2n) is 13.1. The predicted octanol–water partition coefficient (Wildman–Crippen LogP) is 3.51. The molecule has 0 bridgehead atoms.